The standard InChI is InChI=1S/C21H18N6O/c1-28-17-4-2-3-16(13-17)20-18(14-22)21(27-19(26-20)8-12-25-27)24-11-7-15-5-9-23-10-6-15/h2-6,8-10,12-13,24H,7,11H2,1H3. The Bertz CT molecular complexity index is 1150. The molecule has 0 aliphatic carbocycles. The van der Waals surface area contributed by atoms with Gasteiger partial charge in [0, 0.05) is 30.6 Å². The van der Waals surface area contributed by atoms with Crippen molar-refractivity contribution in [2.24, 2.45) is 0 Å². The SMILES string of the molecule is COc1cccc(-c2nc3ccnn3c(NCCc3ccncc3)c2C#N)c1. The first-order valence-electron chi connectivity index (χ1n) is 8.85. The first-order valence-corrected chi connectivity index (χ1v) is 8.85. The predicted octanol–water partition coefficient (Wildman–Crippen LogP) is 3.33. The van der Waals surface area contributed by atoms with Gasteiger partial charge in [0.2, 0.25) is 0 Å². The summed E-state index contributed by atoms with van der Waals surface area (Å²) < 4.78 is 6.98. The quantitative estimate of drug-likeness (QED) is 0.560. The van der Waals surface area contributed by atoms with Crippen LogP contribution in [-0.2, 0) is 6.42 Å². The largest absolute Gasteiger partial charge is 0.497 e. The third-order valence-electron chi connectivity index (χ3n) is 4.44. The van der Waals surface area contributed by atoms with Crippen LogP contribution in [0.4, 0.5) is 5.82 Å². The van der Waals surface area contributed by atoms with Gasteiger partial charge in [-0.05, 0) is 36.2 Å². The van der Waals surface area contributed by atoms with Gasteiger partial charge < -0.3 is 10.1 Å². The summed E-state index contributed by atoms with van der Waals surface area (Å²) in [5.74, 6) is 1.34. The van der Waals surface area contributed by atoms with E-state index in [4.69, 9.17) is 4.74 Å². The van der Waals surface area contributed by atoms with Gasteiger partial charge >= 0.3 is 0 Å². The molecule has 0 bridgehead atoms. The minimum absolute atomic E-state index is 0.444. The summed E-state index contributed by atoms with van der Waals surface area (Å²) >= 11 is 0. The molecule has 0 atom stereocenters. The summed E-state index contributed by atoms with van der Waals surface area (Å²) in [6.45, 7) is 0.648. The van der Waals surface area contributed by atoms with E-state index in [1.807, 2.05) is 42.5 Å². The third-order valence-corrected chi connectivity index (χ3v) is 4.44. The molecule has 1 N–H and O–H groups in total. The van der Waals surface area contributed by atoms with Crippen molar-refractivity contribution in [1.29, 1.82) is 5.26 Å². The average Bonchev–Trinajstić information content (AvgIpc) is 3.22. The number of pyridine rings is 1. The van der Waals surface area contributed by atoms with E-state index in [0.717, 1.165) is 12.0 Å². The van der Waals surface area contributed by atoms with E-state index >= 15 is 0 Å². The van der Waals surface area contributed by atoms with Gasteiger partial charge in [-0.1, -0.05) is 12.1 Å². The Hall–Kier alpha value is -3.92. The summed E-state index contributed by atoms with van der Waals surface area (Å²) in [6, 6.07) is 15.6. The number of methoxy groups -OCH3 is 1. The van der Waals surface area contributed by atoms with Gasteiger partial charge in [-0.15, -0.1) is 0 Å². The zero-order chi connectivity index (χ0) is 19.3. The summed E-state index contributed by atoms with van der Waals surface area (Å²) in [4.78, 5) is 8.69. The minimum atomic E-state index is 0.444. The van der Waals surface area contributed by atoms with E-state index in [2.05, 4.69) is 26.5 Å². The molecule has 0 spiro atoms. The number of aromatic nitrogens is 4. The lowest BCUT2D eigenvalue weighted by Gasteiger charge is -2.14. The third kappa shape index (κ3) is 3.35. The van der Waals surface area contributed by atoms with E-state index < -0.39 is 0 Å². The van der Waals surface area contributed by atoms with Crippen LogP contribution in [0.1, 0.15) is 11.1 Å². The number of hydrogen-bond donors (Lipinski definition) is 1. The molecule has 0 aliphatic heterocycles. The molecule has 3 heterocycles. The fourth-order valence-corrected chi connectivity index (χ4v) is 3.06. The number of benzene rings is 1. The molecule has 0 radical (unpaired) electrons. The molecule has 0 fully saturated rings. The van der Waals surface area contributed by atoms with Gasteiger partial charge in [-0.2, -0.15) is 14.9 Å². The maximum absolute atomic E-state index is 9.89. The fourth-order valence-electron chi connectivity index (χ4n) is 3.06. The molecule has 4 rings (SSSR count). The molecule has 7 heteroatoms. The lowest BCUT2D eigenvalue weighted by molar-refractivity contribution is 0.415. The van der Waals surface area contributed by atoms with Gasteiger partial charge in [0.1, 0.15) is 23.2 Å². The van der Waals surface area contributed by atoms with Gasteiger partial charge in [0.25, 0.3) is 0 Å². The van der Waals surface area contributed by atoms with E-state index in [-0.39, 0.29) is 0 Å². The zero-order valence-electron chi connectivity index (χ0n) is 15.3. The van der Waals surface area contributed by atoms with Crippen LogP contribution in [0.25, 0.3) is 16.9 Å². The maximum Gasteiger partial charge on any atom is 0.158 e. The highest BCUT2D eigenvalue weighted by atomic mass is 16.5. The fraction of sp³-hybridized carbons (Fsp3) is 0.143. The van der Waals surface area contributed by atoms with Crippen LogP contribution in [0, 0.1) is 11.3 Å². The molecule has 0 amide bonds. The van der Waals surface area contributed by atoms with E-state index in [0.29, 0.717) is 35.0 Å². The molecule has 0 saturated carbocycles. The van der Waals surface area contributed by atoms with E-state index in [9.17, 15) is 5.26 Å². The number of fused-ring (bicyclic) bond motifs is 1. The molecule has 28 heavy (non-hydrogen) atoms. The molecule has 0 aliphatic rings. The van der Waals surface area contributed by atoms with Crippen LogP contribution in [0.3, 0.4) is 0 Å². The second-order valence-electron chi connectivity index (χ2n) is 6.16. The molecule has 1 aromatic carbocycles. The Labute approximate surface area is 162 Å². The predicted molar refractivity (Wildman–Crippen MR) is 106 cm³/mol. The zero-order valence-corrected chi connectivity index (χ0v) is 15.3. The molecule has 7 nitrogen and oxygen atoms in total. The van der Waals surface area contributed by atoms with Crippen LogP contribution in [-0.4, -0.2) is 33.2 Å². The number of hydrogen-bond acceptors (Lipinski definition) is 6. The van der Waals surface area contributed by atoms with Crippen LogP contribution in [0.15, 0.2) is 61.1 Å². The van der Waals surface area contributed by atoms with E-state index in [1.54, 1.807) is 30.2 Å². The van der Waals surface area contributed by atoms with Crippen molar-refractivity contribution in [3.63, 3.8) is 0 Å². The Morgan fingerprint density at radius 2 is 2.00 bits per heavy atom. The molecule has 0 saturated heterocycles. The van der Waals surface area contributed by atoms with Crippen LogP contribution in [0.2, 0.25) is 0 Å². The topological polar surface area (TPSA) is 88.1 Å². The van der Waals surface area contributed by atoms with Gasteiger partial charge in [0.15, 0.2) is 5.65 Å². The van der Waals surface area contributed by atoms with Crippen molar-refractivity contribution in [3.8, 4) is 23.1 Å². The lowest BCUT2D eigenvalue weighted by Crippen LogP contribution is -2.12. The number of nitrogens with one attached hydrogen (secondary N) is 1. The first-order chi connectivity index (χ1) is 13.8. The number of anilines is 1. The molecular formula is C21H18N6O. The Morgan fingerprint density at radius 1 is 1.14 bits per heavy atom. The van der Waals surface area contributed by atoms with Crippen molar-refractivity contribution < 1.29 is 4.74 Å². The Kier molecular flexibility index (Phi) is 4.85. The molecule has 3 aromatic heterocycles. The van der Waals surface area contributed by atoms with Crippen LogP contribution >= 0.6 is 0 Å². The average molecular weight is 370 g/mol. The van der Waals surface area contributed by atoms with Crippen molar-refractivity contribution in [3.05, 3.63) is 72.2 Å². The summed E-state index contributed by atoms with van der Waals surface area (Å²) in [5, 5.41) is 17.6. The Morgan fingerprint density at radius 3 is 2.79 bits per heavy atom. The highest BCUT2D eigenvalue weighted by Gasteiger charge is 2.17. The first kappa shape index (κ1) is 17.5. The minimum Gasteiger partial charge on any atom is -0.497 e. The second kappa shape index (κ2) is 7.76. The van der Waals surface area contributed by atoms with Crippen molar-refractivity contribution in [2.75, 3.05) is 19.0 Å². The van der Waals surface area contributed by atoms with Crippen molar-refractivity contribution >= 4 is 11.5 Å². The number of ether oxygens (including phenoxy) is 1. The Balaban J connectivity index is 1.74. The second-order valence-corrected chi connectivity index (χ2v) is 6.16. The summed E-state index contributed by atoms with van der Waals surface area (Å²) in [7, 11) is 1.62. The molecule has 138 valence electrons. The monoisotopic (exact) mass is 370 g/mol. The smallest absolute Gasteiger partial charge is 0.158 e. The van der Waals surface area contributed by atoms with Crippen LogP contribution < -0.4 is 10.1 Å². The summed E-state index contributed by atoms with van der Waals surface area (Å²) in [6.07, 6.45) is 6.02. The van der Waals surface area contributed by atoms with Crippen molar-refractivity contribution in [1.82, 2.24) is 19.6 Å². The molecule has 4 aromatic rings. The normalized spacial score (nSPS) is 10.6. The number of nitriles is 1. The van der Waals surface area contributed by atoms with Crippen molar-refractivity contribution in [2.45, 2.75) is 6.42 Å². The highest BCUT2D eigenvalue weighted by Crippen LogP contribution is 2.30. The van der Waals surface area contributed by atoms with E-state index in [1.165, 1.54) is 5.56 Å². The molecule has 0 unspecified atom stereocenters. The molecular weight excluding hydrogens is 352 g/mol. The highest BCUT2D eigenvalue weighted by molar-refractivity contribution is 5.76. The number of rotatable bonds is 6. The number of nitrogens with zero attached hydrogens (tertiary/aromatic N) is 5. The van der Waals surface area contributed by atoms with Gasteiger partial charge in [-0.25, -0.2) is 4.98 Å². The maximum atomic E-state index is 9.89. The van der Waals surface area contributed by atoms with Crippen LogP contribution in [0.5, 0.6) is 5.75 Å². The summed E-state index contributed by atoms with van der Waals surface area (Å²) in [5.41, 5.74) is 3.69. The van der Waals surface area contributed by atoms with Gasteiger partial charge in [0.05, 0.1) is 19.0 Å². The lowest BCUT2D eigenvalue weighted by atomic mass is 10.1. The van der Waals surface area contributed by atoms with Gasteiger partial charge in [-0.3, -0.25) is 4.98 Å².